The van der Waals surface area contributed by atoms with Crippen LogP contribution in [0, 0.1) is 0 Å². The summed E-state index contributed by atoms with van der Waals surface area (Å²) in [4.78, 5) is 39.3. The number of nitrogens with one attached hydrogen (secondary N) is 2. The minimum atomic E-state index is -1.10. The number of aromatic carboxylic acids is 1. The average molecular weight is 577 g/mol. The van der Waals surface area contributed by atoms with Crippen molar-refractivity contribution in [2.24, 2.45) is 0 Å². The molecular formula is C33H24N2O6S. The smallest absolute Gasteiger partial charge is 0.336 e. The zero-order valence-corrected chi connectivity index (χ0v) is 22.9. The number of hydrogen-bond acceptors (Lipinski definition) is 6. The van der Waals surface area contributed by atoms with Gasteiger partial charge in [-0.05, 0) is 59.5 Å². The van der Waals surface area contributed by atoms with Gasteiger partial charge >= 0.3 is 5.97 Å². The molecule has 1 atom stereocenters. The van der Waals surface area contributed by atoms with Gasteiger partial charge in [0.05, 0.1) is 5.56 Å². The number of ether oxygens (including phenoxy) is 2. The highest BCUT2D eigenvalue weighted by atomic mass is 32.2. The van der Waals surface area contributed by atoms with Crippen LogP contribution in [0.5, 0.6) is 11.5 Å². The van der Waals surface area contributed by atoms with Gasteiger partial charge in [0.15, 0.2) is 11.5 Å². The monoisotopic (exact) mass is 576 g/mol. The molecule has 0 fully saturated rings. The Morgan fingerprint density at radius 2 is 1.40 bits per heavy atom. The maximum Gasteiger partial charge on any atom is 0.336 e. The van der Waals surface area contributed by atoms with Crippen molar-refractivity contribution in [2.75, 3.05) is 17.4 Å². The van der Waals surface area contributed by atoms with Crippen molar-refractivity contribution < 1.29 is 29.0 Å². The fourth-order valence-electron chi connectivity index (χ4n) is 4.74. The molecule has 42 heavy (non-hydrogen) atoms. The van der Waals surface area contributed by atoms with Crippen molar-refractivity contribution in [3.8, 4) is 11.5 Å². The minimum absolute atomic E-state index is 0.0657. The van der Waals surface area contributed by atoms with Gasteiger partial charge in [-0.1, -0.05) is 54.6 Å². The van der Waals surface area contributed by atoms with Gasteiger partial charge < -0.3 is 25.2 Å². The molecule has 1 unspecified atom stereocenters. The predicted molar refractivity (Wildman–Crippen MR) is 162 cm³/mol. The summed E-state index contributed by atoms with van der Waals surface area (Å²) in [7, 11) is 0. The Kier molecular flexibility index (Phi) is 7.49. The van der Waals surface area contributed by atoms with Crippen LogP contribution in [0.1, 0.15) is 31.5 Å². The second-order valence-electron chi connectivity index (χ2n) is 9.46. The van der Waals surface area contributed by atoms with Gasteiger partial charge in [0.25, 0.3) is 5.91 Å². The second-order valence-corrected chi connectivity index (χ2v) is 10.6. The number of carbonyl (C=O) groups is 3. The number of thioether (sulfide) groups is 1. The number of anilines is 2. The van der Waals surface area contributed by atoms with Crippen molar-refractivity contribution in [3.63, 3.8) is 0 Å². The van der Waals surface area contributed by atoms with Gasteiger partial charge in [0.2, 0.25) is 12.7 Å². The normalized spacial score (nSPS) is 12.5. The summed E-state index contributed by atoms with van der Waals surface area (Å²) in [6, 6.07) is 31.9. The van der Waals surface area contributed by atoms with E-state index in [-0.39, 0.29) is 23.8 Å². The molecule has 0 bridgehead atoms. The maximum atomic E-state index is 13.5. The molecule has 1 heterocycles. The van der Waals surface area contributed by atoms with Gasteiger partial charge in [-0.2, -0.15) is 0 Å². The van der Waals surface area contributed by atoms with E-state index >= 15 is 0 Å². The van der Waals surface area contributed by atoms with Crippen LogP contribution in [0.2, 0.25) is 0 Å². The van der Waals surface area contributed by atoms with Gasteiger partial charge in [-0.3, -0.25) is 9.59 Å². The van der Waals surface area contributed by atoms with Crippen molar-refractivity contribution in [3.05, 3.63) is 126 Å². The molecule has 208 valence electrons. The van der Waals surface area contributed by atoms with E-state index in [9.17, 15) is 19.5 Å². The Hall–Kier alpha value is -5.28. The van der Waals surface area contributed by atoms with Crippen molar-refractivity contribution in [1.82, 2.24) is 0 Å². The van der Waals surface area contributed by atoms with E-state index in [1.807, 2.05) is 42.5 Å². The highest BCUT2D eigenvalue weighted by molar-refractivity contribution is 8.00. The number of carbonyl (C=O) groups excluding carboxylic acids is 2. The molecule has 0 aromatic heterocycles. The fraction of sp³-hybridized carbons (Fsp3) is 0.0606. The van der Waals surface area contributed by atoms with Gasteiger partial charge in [-0.25, -0.2) is 4.79 Å². The predicted octanol–water partition coefficient (Wildman–Crippen LogP) is 6.99. The third-order valence-corrected chi connectivity index (χ3v) is 7.99. The first-order valence-electron chi connectivity index (χ1n) is 13.0. The third-order valence-electron chi connectivity index (χ3n) is 6.73. The maximum absolute atomic E-state index is 13.5. The zero-order chi connectivity index (χ0) is 29.1. The molecule has 0 saturated heterocycles. The van der Waals surface area contributed by atoms with Crippen LogP contribution < -0.4 is 20.1 Å². The third kappa shape index (κ3) is 5.63. The standard InChI is InChI=1S/C33H24N2O6S/c36-31(25-10-4-8-20-9-5-11-26(29(20)25)33(38)39)34-22-12-15-24(16-13-22)42-30(21-6-2-1-3-7-21)32(37)35-23-14-17-27-28(18-23)41-19-40-27/h1-18,30H,19H2,(H,34,36)(H,35,37)(H,38,39). The van der Waals surface area contributed by atoms with Crippen molar-refractivity contribution >= 4 is 51.7 Å². The molecule has 1 aliphatic rings. The summed E-state index contributed by atoms with van der Waals surface area (Å²) in [6.45, 7) is 0.150. The number of carboxylic acid groups (broad SMARTS) is 1. The number of amides is 2. The first-order chi connectivity index (χ1) is 20.5. The molecular weight excluding hydrogens is 552 g/mol. The second kappa shape index (κ2) is 11.7. The van der Waals surface area contributed by atoms with E-state index in [0.29, 0.717) is 33.6 Å². The first kappa shape index (κ1) is 26.9. The number of carboxylic acids is 1. The summed E-state index contributed by atoms with van der Waals surface area (Å²) >= 11 is 1.38. The number of rotatable bonds is 8. The molecule has 2 amide bonds. The number of fused-ring (bicyclic) bond motifs is 2. The first-order valence-corrected chi connectivity index (χ1v) is 13.9. The van der Waals surface area contributed by atoms with E-state index in [1.54, 1.807) is 60.7 Å². The summed E-state index contributed by atoms with van der Waals surface area (Å²) in [5.41, 5.74) is 2.31. The highest BCUT2D eigenvalue weighted by Crippen LogP contribution is 2.38. The summed E-state index contributed by atoms with van der Waals surface area (Å²) in [5, 5.41) is 16.0. The SMILES string of the molecule is O=C(O)c1cccc2cccc(C(=O)Nc3ccc(SC(C(=O)Nc4ccc5c(c4)OCO5)c4ccccc4)cc3)c12. The molecule has 5 aromatic carbocycles. The molecule has 0 saturated carbocycles. The lowest BCUT2D eigenvalue weighted by molar-refractivity contribution is -0.115. The van der Waals surface area contributed by atoms with Gasteiger partial charge in [0, 0.05) is 33.3 Å². The van der Waals surface area contributed by atoms with Crippen LogP contribution >= 0.6 is 11.8 Å². The Labute approximate surface area is 245 Å². The van der Waals surface area contributed by atoms with Crippen LogP contribution in [0.25, 0.3) is 10.8 Å². The Morgan fingerprint density at radius 3 is 2.14 bits per heavy atom. The lowest BCUT2D eigenvalue weighted by Crippen LogP contribution is -2.19. The summed E-state index contributed by atoms with van der Waals surface area (Å²) < 4.78 is 10.8. The molecule has 5 aromatic rings. The van der Waals surface area contributed by atoms with E-state index in [2.05, 4.69) is 10.6 Å². The largest absolute Gasteiger partial charge is 0.478 e. The van der Waals surface area contributed by atoms with E-state index in [1.165, 1.54) is 17.8 Å². The summed E-state index contributed by atoms with van der Waals surface area (Å²) in [5.74, 6) is -0.501. The molecule has 0 aliphatic carbocycles. The molecule has 3 N–H and O–H groups in total. The topological polar surface area (TPSA) is 114 Å². The van der Waals surface area contributed by atoms with Crippen LogP contribution in [0.4, 0.5) is 11.4 Å². The van der Waals surface area contributed by atoms with E-state index in [4.69, 9.17) is 9.47 Å². The molecule has 9 heteroatoms. The quantitative estimate of drug-likeness (QED) is 0.171. The lowest BCUT2D eigenvalue weighted by Gasteiger charge is -2.18. The summed E-state index contributed by atoms with van der Waals surface area (Å²) in [6.07, 6.45) is 0. The van der Waals surface area contributed by atoms with Gasteiger partial charge in [0.1, 0.15) is 5.25 Å². The van der Waals surface area contributed by atoms with Crippen LogP contribution in [-0.2, 0) is 4.79 Å². The average Bonchev–Trinajstić information content (AvgIpc) is 3.48. The Bertz CT molecular complexity index is 1800. The fourth-order valence-corrected chi connectivity index (χ4v) is 5.77. The van der Waals surface area contributed by atoms with Crippen LogP contribution in [0.3, 0.4) is 0 Å². The van der Waals surface area contributed by atoms with E-state index < -0.39 is 17.1 Å². The van der Waals surface area contributed by atoms with Crippen molar-refractivity contribution in [2.45, 2.75) is 10.1 Å². The Balaban J connectivity index is 1.20. The molecule has 8 nitrogen and oxygen atoms in total. The Morgan fingerprint density at radius 1 is 0.714 bits per heavy atom. The highest BCUT2D eigenvalue weighted by Gasteiger charge is 2.24. The molecule has 0 spiro atoms. The van der Waals surface area contributed by atoms with Gasteiger partial charge in [-0.15, -0.1) is 11.8 Å². The van der Waals surface area contributed by atoms with E-state index in [0.717, 1.165) is 10.5 Å². The number of benzene rings is 5. The zero-order valence-electron chi connectivity index (χ0n) is 22.1. The number of hydrogen-bond donors (Lipinski definition) is 3. The van der Waals surface area contributed by atoms with Crippen LogP contribution in [0.15, 0.2) is 114 Å². The lowest BCUT2D eigenvalue weighted by atomic mass is 9.98. The molecule has 6 rings (SSSR count). The molecule has 1 aliphatic heterocycles. The van der Waals surface area contributed by atoms with Crippen molar-refractivity contribution in [1.29, 1.82) is 0 Å². The molecule has 0 radical (unpaired) electrons. The van der Waals surface area contributed by atoms with Crippen LogP contribution in [-0.4, -0.2) is 29.7 Å². The minimum Gasteiger partial charge on any atom is -0.478 e.